The van der Waals surface area contributed by atoms with Crippen molar-refractivity contribution in [3.05, 3.63) is 22.7 Å². The Balaban J connectivity index is 2.32. The minimum absolute atomic E-state index is 0.171. The molecule has 1 aromatic rings. The highest BCUT2D eigenvalue weighted by Gasteiger charge is 2.20. The zero-order valence-electron chi connectivity index (χ0n) is 10.4. The van der Waals surface area contributed by atoms with Crippen LogP contribution in [0.15, 0.2) is 22.7 Å². The second-order valence-electron chi connectivity index (χ2n) is 4.51. The average Bonchev–Trinajstić information content (AvgIpc) is 2.48. The van der Waals surface area contributed by atoms with Gasteiger partial charge in [0, 0.05) is 31.2 Å². The zero-order valence-corrected chi connectivity index (χ0v) is 12.0. The molecule has 0 radical (unpaired) electrons. The van der Waals surface area contributed by atoms with Gasteiger partial charge in [-0.1, -0.05) is 6.07 Å². The SMILES string of the molecule is CN1CCCN(CCC(=O)O)c2c(Br)cccc21. The first-order valence-corrected chi connectivity index (χ1v) is 6.85. The average molecular weight is 313 g/mol. The molecular formula is C13H17BrN2O2. The van der Waals surface area contributed by atoms with Gasteiger partial charge < -0.3 is 14.9 Å². The van der Waals surface area contributed by atoms with Crippen LogP contribution in [0, 0.1) is 0 Å². The molecular weight excluding hydrogens is 296 g/mol. The van der Waals surface area contributed by atoms with Gasteiger partial charge in [0.1, 0.15) is 0 Å². The van der Waals surface area contributed by atoms with Crippen molar-refractivity contribution in [1.29, 1.82) is 0 Å². The summed E-state index contributed by atoms with van der Waals surface area (Å²) >= 11 is 3.58. The molecule has 0 saturated heterocycles. The van der Waals surface area contributed by atoms with Crippen molar-refractivity contribution in [1.82, 2.24) is 0 Å². The number of aliphatic carboxylic acids is 1. The number of hydrogen-bond donors (Lipinski definition) is 1. The maximum atomic E-state index is 10.7. The van der Waals surface area contributed by atoms with Gasteiger partial charge in [0.15, 0.2) is 0 Å². The van der Waals surface area contributed by atoms with Crippen molar-refractivity contribution in [2.75, 3.05) is 36.5 Å². The van der Waals surface area contributed by atoms with Gasteiger partial charge >= 0.3 is 5.97 Å². The van der Waals surface area contributed by atoms with E-state index >= 15 is 0 Å². The molecule has 0 fully saturated rings. The molecule has 2 rings (SSSR count). The Morgan fingerprint density at radius 1 is 1.44 bits per heavy atom. The molecule has 1 N–H and O–H groups in total. The van der Waals surface area contributed by atoms with Gasteiger partial charge in [-0.15, -0.1) is 0 Å². The summed E-state index contributed by atoms with van der Waals surface area (Å²) < 4.78 is 1.03. The van der Waals surface area contributed by atoms with E-state index in [9.17, 15) is 4.79 Å². The first-order valence-electron chi connectivity index (χ1n) is 6.06. The largest absolute Gasteiger partial charge is 0.481 e. The quantitative estimate of drug-likeness (QED) is 0.931. The molecule has 0 bridgehead atoms. The summed E-state index contributed by atoms with van der Waals surface area (Å²) in [4.78, 5) is 15.1. The van der Waals surface area contributed by atoms with Crippen molar-refractivity contribution >= 4 is 33.3 Å². The van der Waals surface area contributed by atoms with Crippen LogP contribution >= 0.6 is 15.9 Å². The molecule has 18 heavy (non-hydrogen) atoms. The van der Waals surface area contributed by atoms with Crippen molar-refractivity contribution < 1.29 is 9.90 Å². The topological polar surface area (TPSA) is 43.8 Å². The lowest BCUT2D eigenvalue weighted by atomic mass is 10.2. The molecule has 0 amide bonds. The Kier molecular flexibility index (Phi) is 4.11. The highest BCUT2D eigenvalue weighted by molar-refractivity contribution is 9.10. The van der Waals surface area contributed by atoms with E-state index < -0.39 is 5.97 Å². The summed E-state index contributed by atoms with van der Waals surface area (Å²) in [6, 6.07) is 6.10. The van der Waals surface area contributed by atoms with E-state index in [0.29, 0.717) is 6.54 Å². The number of anilines is 2. The Morgan fingerprint density at radius 2 is 2.22 bits per heavy atom. The van der Waals surface area contributed by atoms with Crippen LogP contribution in [0.4, 0.5) is 11.4 Å². The summed E-state index contributed by atoms with van der Waals surface area (Å²) in [7, 11) is 2.08. The van der Waals surface area contributed by atoms with Gasteiger partial charge in [-0.3, -0.25) is 4.79 Å². The number of nitrogens with zero attached hydrogens (tertiary/aromatic N) is 2. The standard InChI is InChI=1S/C13H17BrN2O2/c1-15-7-3-8-16(9-6-12(17)18)13-10(14)4-2-5-11(13)15/h2,4-5H,3,6-9H2,1H3,(H,17,18). The molecule has 1 aliphatic heterocycles. The van der Waals surface area contributed by atoms with Crippen molar-refractivity contribution in [3.63, 3.8) is 0 Å². The number of hydrogen-bond acceptors (Lipinski definition) is 3. The number of benzene rings is 1. The van der Waals surface area contributed by atoms with Gasteiger partial charge in [0.25, 0.3) is 0 Å². The second-order valence-corrected chi connectivity index (χ2v) is 5.37. The summed E-state index contributed by atoms with van der Waals surface area (Å²) in [5, 5.41) is 8.83. The fraction of sp³-hybridized carbons (Fsp3) is 0.462. The fourth-order valence-corrected chi connectivity index (χ4v) is 2.92. The molecule has 0 unspecified atom stereocenters. The van der Waals surface area contributed by atoms with Gasteiger partial charge in [0.05, 0.1) is 17.8 Å². The number of carbonyl (C=O) groups is 1. The molecule has 0 saturated carbocycles. The molecule has 0 spiro atoms. The van der Waals surface area contributed by atoms with Crippen LogP contribution in [-0.2, 0) is 4.79 Å². The van der Waals surface area contributed by atoms with Crippen LogP contribution in [0.1, 0.15) is 12.8 Å². The molecule has 1 aliphatic rings. The third-order valence-corrected chi connectivity index (χ3v) is 3.85. The summed E-state index contributed by atoms with van der Waals surface area (Å²) in [5.74, 6) is -0.749. The fourth-order valence-electron chi connectivity index (χ4n) is 2.31. The number of fused-ring (bicyclic) bond motifs is 1. The molecule has 4 nitrogen and oxygen atoms in total. The lowest BCUT2D eigenvalue weighted by molar-refractivity contribution is -0.136. The first-order chi connectivity index (χ1) is 8.59. The summed E-state index contributed by atoms with van der Waals surface area (Å²) in [6.45, 7) is 2.44. The third-order valence-electron chi connectivity index (χ3n) is 3.21. The highest BCUT2D eigenvalue weighted by atomic mass is 79.9. The number of carboxylic acids is 1. The molecule has 0 aliphatic carbocycles. The summed E-state index contributed by atoms with van der Waals surface area (Å²) in [5.41, 5.74) is 2.27. The lowest BCUT2D eigenvalue weighted by Gasteiger charge is -2.26. The van der Waals surface area contributed by atoms with Crippen molar-refractivity contribution in [3.8, 4) is 0 Å². The molecule has 98 valence electrons. The van der Waals surface area contributed by atoms with E-state index in [2.05, 4.69) is 38.8 Å². The van der Waals surface area contributed by atoms with Crippen LogP contribution < -0.4 is 9.80 Å². The van der Waals surface area contributed by atoms with Crippen LogP contribution in [0.25, 0.3) is 0 Å². The molecule has 0 atom stereocenters. The van der Waals surface area contributed by atoms with Crippen LogP contribution in [0.2, 0.25) is 0 Å². The van der Waals surface area contributed by atoms with Gasteiger partial charge in [-0.05, 0) is 34.5 Å². The Hall–Kier alpha value is -1.23. The van der Waals surface area contributed by atoms with E-state index in [1.807, 2.05) is 12.1 Å². The molecule has 1 aromatic carbocycles. The van der Waals surface area contributed by atoms with E-state index in [4.69, 9.17) is 5.11 Å². The van der Waals surface area contributed by atoms with Crippen LogP contribution in [0.3, 0.4) is 0 Å². The van der Waals surface area contributed by atoms with Crippen LogP contribution in [0.5, 0.6) is 0 Å². The smallest absolute Gasteiger partial charge is 0.305 e. The minimum Gasteiger partial charge on any atom is -0.481 e. The van der Waals surface area contributed by atoms with E-state index in [1.54, 1.807) is 0 Å². The minimum atomic E-state index is -0.749. The monoisotopic (exact) mass is 312 g/mol. The normalized spacial score (nSPS) is 15.2. The number of halogens is 1. The lowest BCUT2D eigenvalue weighted by Crippen LogP contribution is -2.27. The van der Waals surface area contributed by atoms with Gasteiger partial charge in [-0.2, -0.15) is 0 Å². The van der Waals surface area contributed by atoms with Crippen molar-refractivity contribution in [2.45, 2.75) is 12.8 Å². The van der Waals surface area contributed by atoms with E-state index in [-0.39, 0.29) is 6.42 Å². The van der Waals surface area contributed by atoms with E-state index in [1.165, 1.54) is 0 Å². The second kappa shape index (κ2) is 5.61. The Labute approximate surface area is 115 Å². The maximum absolute atomic E-state index is 10.7. The number of carboxylic acid groups (broad SMARTS) is 1. The Bertz CT molecular complexity index is 451. The molecule has 0 aromatic heterocycles. The van der Waals surface area contributed by atoms with Crippen LogP contribution in [-0.4, -0.2) is 37.8 Å². The van der Waals surface area contributed by atoms with E-state index in [0.717, 1.165) is 35.4 Å². The molecule has 5 heteroatoms. The molecule has 1 heterocycles. The van der Waals surface area contributed by atoms with Gasteiger partial charge in [0.2, 0.25) is 0 Å². The number of rotatable bonds is 3. The zero-order chi connectivity index (χ0) is 13.1. The third kappa shape index (κ3) is 2.77. The summed E-state index contributed by atoms with van der Waals surface area (Å²) in [6.07, 6.45) is 1.21. The van der Waals surface area contributed by atoms with Gasteiger partial charge in [-0.25, -0.2) is 0 Å². The first kappa shape index (κ1) is 13.2. The van der Waals surface area contributed by atoms with Crippen molar-refractivity contribution in [2.24, 2.45) is 0 Å². The highest BCUT2D eigenvalue weighted by Crippen LogP contribution is 2.37. The number of para-hydroxylation sites is 1. The maximum Gasteiger partial charge on any atom is 0.305 e. The Morgan fingerprint density at radius 3 is 2.94 bits per heavy atom. The predicted octanol–water partition coefficient (Wildman–Crippen LogP) is 2.57. The predicted molar refractivity (Wildman–Crippen MR) is 76.5 cm³/mol.